The van der Waals surface area contributed by atoms with Crippen molar-refractivity contribution in [2.45, 2.75) is 13.0 Å². The Hall–Kier alpha value is -1.24. The highest BCUT2D eigenvalue weighted by Crippen LogP contribution is 2.31. The predicted octanol–water partition coefficient (Wildman–Crippen LogP) is 2.21. The predicted molar refractivity (Wildman–Crippen MR) is 53.3 cm³/mol. The number of halogens is 1. The molecule has 0 aliphatic rings. The number of aryl methyl sites for hydroxylation is 1. The largest absolute Gasteiger partial charge is 0.496 e. The van der Waals surface area contributed by atoms with Crippen LogP contribution in [0.2, 0.25) is 5.02 Å². The SMILES string of the molecule is COc1c(C)cc(Cl)cc1C(O)C#N. The molecule has 1 aromatic rings. The van der Waals surface area contributed by atoms with Crippen molar-refractivity contribution in [3.05, 3.63) is 28.3 Å². The molecule has 1 N–H and O–H groups in total. The molecule has 0 radical (unpaired) electrons. The third kappa shape index (κ3) is 1.98. The molecule has 1 atom stereocenters. The Morgan fingerprint density at radius 3 is 2.71 bits per heavy atom. The molecule has 3 nitrogen and oxygen atoms in total. The van der Waals surface area contributed by atoms with Gasteiger partial charge in [0.05, 0.1) is 13.2 Å². The van der Waals surface area contributed by atoms with Gasteiger partial charge in [-0.25, -0.2) is 0 Å². The first-order chi connectivity index (χ1) is 6.60. The minimum atomic E-state index is -1.21. The molecule has 0 spiro atoms. The maximum Gasteiger partial charge on any atom is 0.169 e. The Morgan fingerprint density at radius 2 is 2.21 bits per heavy atom. The molecular formula is C10H10ClNO2. The first kappa shape index (κ1) is 10.8. The van der Waals surface area contributed by atoms with Gasteiger partial charge in [-0.1, -0.05) is 11.6 Å². The van der Waals surface area contributed by atoms with Crippen molar-refractivity contribution in [1.29, 1.82) is 5.26 Å². The molecule has 14 heavy (non-hydrogen) atoms. The van der Waals surface area contributed by atoms with E-state index in [2.05, 4.69) is 0 Å². The number of hydrogen-bond acceptors (Lipinski definition) is 3. The van der Waals surface area contributed by atoms with Crippen molar-refractivity contribution in [1.82, 2.24) is 0 Å². The van der Waals surface area contributed by atoms with Gasteiger partial charge in [-0.05, 0) is 24.6 Å². The zero-order chi connectivity index (χ0) is 10.7. The van der Waals surface area contributed by atoms with E-state index in [-0.39, 0.29) is 0 Å². The van der Waals surface area contributed by atoms with E-state index in [1.165, 1.54) is 13.2 Å². The van der Waals surface area contributed by atoms with Crippen molar-refractivity contribution in [3.63, 3.8) is 0 Å². The van der Waals surface area contributed by atoms with E-state index in [4.69, 9.17) is 21.6 Å². The van der Waals surface area contributed by atoms with Gasteiger partial charge >= 0.3 is 0 Å². The number of methoxy groups -OCH3 is 1. The molecule has 0 aromatic heterocycles. The van der Waals surface area contributed by atoms with Crippen LogP contribution in [0, 0.1) is 18.3 Å². The van der Waals surface area contributed by atoms with Gasteiger partial charge in [0, 0.05) is 10.6 Å². The van der Waals surface area contributed by atoms with E-state index in [1.54, 1.807) is 19.1 Å². The van der Waals surface area contributed by atoms with Gasteiger partial charge in [0.25, 0.3) is 0 Å². The van der Waals surface area contributed by atoms with Gasteiger partial charge in [-0.15, -0.1) is 0 Å². The molecule has 0 aliphatic heterocycles. The average molecular weight is 212 g/mol. The number of nitriles is 1. The molecule has 1 unspecified atom stereocenters. The summed E-state index contributed by atoms with van der Waals surface area (Å²) in [7, 11) is 1.49. The lowest BCUT2D eigenvalue weighted by Gasteiger charge is -2.12. The second kappa shape index (κ2) is 4.32. The van der Waals surface area contributed by atoms with Crippen LogP contribution in [0.15, 0.2) is 12.1 Å². The molecular weight excluding hydrogens is 202 g/mol. The van der Waals surface area contributed by atoms with Gasteiger partial charge in [0.1, 0.15) is 5.75 Å². The Balaban J connectivity index is 3.33. The topological polar surface area (TPSA) is 53.2 Å². The molecule has 0 amide bonds. The molecule has 0 saturated carbocycles. The number of nitrogens with zero attached hydrogens (tertiary/aromatic N) is 1. The number of aliphatic hydroxyl groups is 1. The number of hydrogen-bond donors (Lipinski definition) is 1. The summed E-state index contributed by atoms with van der Waals surface area (Å²) < 4.78 is 5.08. The molecule has 0 fully saturated rings. The second-order valence-corrected chi connectivity index (χ2v) is 3.31. The second-order valence-electron chi connectivity index (χ2n) is 2.88. The maximum atomic E-state index is 9.39. The monoisotopic (exact) mass is 211 g/mol. The van der Waals surface area contributed by atoms with Crippen molar-refractivity contribution in [2.24, 2.45) is 0 Å². The van der Waals surface area contributed by atoms with Crippen molar-refractivity contribution >= 4 is 11.6 Å². The van der Waals surface area contributed by atoms with Gasteiger partial charge in [-0.2, -0.15) is 5.26 Å². The van der Waals surface area contributed by atoms with Crippen LogP contribution in [0.1, 0.15) is 17.2 Å². The lowest BCUT2D eigenvalue weighted by atomic mass is 10.1. The fourth-order valence-corrected chi connectivity index (χ4v) is 1.59. The number of rotatable bonds is 2. The summed E-state index contributed by atoms with van der Waals surface area (Å²) in [5.41, 5.74) is 1.20. The van der Waals surface area contributed by atoms with Crippen LogP contribution in [0.5, 0.6) is 5.75 Å². The van der Waals surface area contributed by atoms with Gasteiger partial charge < -0.3 is 9.84 Å². The van der Waals surface area contributed by atoms with Crippen LogP contribution in [-0.4, -0.2) is 12.2 Å². The minimum Gasteiger partial charge on any atom is -0.496 e. The number of benzene rings is 1. The lowest BCUT2D eigenvalue weighted by Crippen LogP contribution is -2.00. The van der Waals surface area contributed by atoms with Crippen LogP contribution in [0.4, 0.5) is 0 Å². The highest BCUT2D eigenvalue weighted by molar-refractivity contribution is 6.30. The summed E-state index contributed by atoms with van der Waals surface area (Å²) in [6, 6.07) is 4.97. The summed E-state index contributed by atoms with van der Waals surface area (Å²) in [6.07, 6.45) is -1.21. The van der Waals surface area contributed by atoms with Crippen LogP contribution < -0.4 is 4.74 Å². The van der Waals surface area contributed by atoms with E-state index >= 15 is 0 Å². The standard InChI is InChI=1S/C10H10ClNO2/c1-6-3-7(11)4-8(9(13)5-12)10(6)14-2/h3-4,9,13H,1-2H3. The van der Waals surface area contributed by atoms with Crippen molar-refractivity contribution in [2.75, 3.05) is 7.11 Å². The summed E-state index contributed by atoms with van der Waals surface area (Å²) in [6.45, 7) is 1.80. The highest BCUT2D eigenvalue weighted by Gasteiger charge is 2.15. The van der Waals surface area contributed by atoms with Crippen LogP contribution >= 0.6 is 11.6 Å². The fraction of sp³-hybridized carbons (Fsp3) is 0.300. The van der Waals surface area contributed by atoms with Gasteiger partial charge in [-0.3, -0.25) is 0 Å². The van der Waals surface area contributed by atoms with Crippen LogP contribution in [-0.2, 0) is 0 Å². The summed E-state index contributed by atoms with van der Waals surface area (Å²) in [4.78, 5) is 0. The van der Waals surface area contributed by atoms with Gasteiger partial charge in [0.15, 0.2) is 6.10 Å². The Kier molecular flexibility index (Phi) is 3.34. The molecule has 0 saturated heterocycles. The first-order valence-electron chi connectivity index (χ1n) is 4.02. The van der Waals surface area contributed by atoms with Crippen LogP contribution in [0.25, 0.3) is 0 Å². The van der Waals surface area contributed by atoms with Gasteiger partial charge in [0.2, 0.25) is 0 Å². The molecule has 0 aliphatic carbocycles. The molecule has 0 heterocycles. The Labute approximate surface area is 87.5 Å². The summed E-state index contributed by atoms with van der Waals surface area (Å²) in [5, 5.41) is 18.5. The maximum absolute atomic E-state index is 9.39. The van der Waals surface area contributed by atoms with E-state index in [1.807, 2.05) is 0 Å². The third-order valence-electron chi connectivity index (χ3n) is 1.89. The molecule has 1 aromatic carbocycles. The molecule has 74 valence electrons. The molecule has 0 bridgehead atoms. The number of aliphatic hydroxyl groups excluding tert-OH is 1. The van der Waals surface area contributed by atoms with Crippen LogP contribution in [0.3, 0.4) is 0 Å². The fourth-order valence-electron chi connectivity index (χ4n) is 1.31. The smallest absolute Gasteiger partial charge is 0.169 e. The molecule has 1 rings (SSSR count). The van der Waals surface area contributed by atoms with Crippen molar-refractivity contribution in [3.8, 4) is 11.8 Å². The normalized spacial score (nSPS) is 11.9. The van der Waals surface area contributed by atoms with E-state index in [0.29, 0.717) is 16.3 Å². The summed E-state index contributed by atoms with van der Waals surface area (Å²) in [5.74, 6) is 0.503. The van der Waals surface area contributed by atoms with E-state index < -0.39 is 6.10 Å². The summed E-state index contributed by atoms with van der Waals surface area (Å²) >= 11 is 5.80. The Bertz CT molecular complexity index is 384. The number of ether oxygens (including phenoxy) is 1. The zero-order valence-corrected chi connectivity index (χ0v) is 8.67. The van der Waals surface area contributed by atoms with E-state index in [9.17, 15) is 5.11 Å². The first-order valence-corrected chi connectivity index (χ1v) is 4.39. The van der Waals surface area contributed by atoms with E-state index in [0.717, 1.165) is 5.56 Å². The molecule has 4 heteroatoms. The Morgan fingerprint density at radius 1 is 1.57 bits per heavy atom. The highest BCUT2D eigenvalue weighted by atomic mass is 35.5. The zero-order valence-electron chi connectivity index (χ0n) is 7.91. The minimum absolute atomic E-state index is 0.403. The third-order valence-corrected chi connectivity index (χ3v) is 2.11. The lowest BCUT2D eigenvalue weighted by molar-refractivity contribution is 0.229. The quantitative estimate of drug-likeness (QED) is 0.764. The average Bonchev–Trinajstić information content (AvgIpc) is 2.15. The van der Waals surface area contributed by atoms with Crippen molar-refractivity contribution < 1.29 is 9.84 Å².